The average molecular weight is 284 g/mol. The molecule has 0 fully saturated rings. The number of hydrogen-bond acceptors (Lipinski definition) is 2. The van der Waals surface area contributed by atoms with E-state index in [1.165, 1.54) is 11.1 Å². The van der Waals surface area contributed by atoms with Gasteiger partial charge in [0, 0.05) is 6.20 Å². The molecule has 0 atom stereocenters. The van der Waals surface area contributed by atoms with E-state index in [9.17, 15) is 0 Å². The van der Waals surface area contributed by atoms with Gasteiger partial charge in [-0.25, -0.2) is 4.98 Å². The summed E-state index contributed by atoms with van der Waals surface area (Å²) in [5, 5.41) is 0. The maximum Gasteiger partial charge on any atom is 0.105 e. The van der Waals surface area contributed by atoms with Gasteiger partial charge in [0.1, 0.15) is 3.70 Å². The molecule has 0 aliphatic heterocycles. The summed E-state index contributed by atoms with van der Waals surface area (Å²) in [6, 6.07) is 3.91. The van der Waals surface area contributed by atoms with Crippen LogP contribution < -0.4 is 0 Å². The van der Waals surface area contributed by atoms with Gasteiger partial charge in [0.25, 0.3) is 0 Å². The summed E-state index contributed by atoms with van der Waals surface area (Å²) in [4.78, 5) is 8.78. The van der Waals surface area contributed by atoms with Gasteiger partial charge in [0.15, 0.2) is 0 Å². The van der Waals surface area contributed by atoms with Gasteiger partial charge < -0.3 is 0 Å². The van der Waals surface area contributed by atoms with Crippen molar-refractivity contribution in [3.8, 4) is 0 Å². The fraction of sp³-hybridized carbons (Fsp3) is 0.200. The average Bonchev–Trinajstić information content (AvgIpc) is 2.15. The van der Waals surface area contributed by atoms with Crippen LogP contribution in [0.5, 0.6) is 0 Å². The third-order valence-electron chi connectivity index (χ3n) is 2.23. The lowest BCUT2D eigenvalue weighted by Crippen LogP contribution is -1.94. The van der Waals surface area contributed by atoms with Crippen molar-refractivity contribution >= 4 is 33.6 Å². The molecule has 0 aliphatic carbocycles. The standard InChI is InChI=1S/C10H9IN2/c1-6-7(2)10(11)13-8-4-3-5-12-9(6)8/h3-5H,1-2H3. The van der Waals surface area contributed by atoms with Crippen LogP contribution in [0.3, 0.4) is 0 Å². The van der Waals surface area contributed by atoms with E-state index in [4.69, 9.17) is 0 Å². The van der Waals surface area contributed by atoms with E-state index in [1.807, 2.05) is 18.3 Å². The molecule has 0 saturated carbocycles. The number of hydrogen-bond donors (Lipinski definition) is 0. The van der Waals surface area contributed by atoms with Crippen LogP contribution in [0.4, 0.5) is 0 Å². The molecule has 13 heavy (non-hydrogen) atoms. The molecule has 2 aromatic rings. The van der Waals surface area contributed by atoms with Crippen molar-refractivity contribution < 1.29 is 0 Å². The third-order valence-corrected chi connectivity index (χ3v) is 3.28. The molecule has 0 aromatic carbocycles. The fourth-order valence-electron chi connectivity index (χ4n) is 1.30. The summed E-state index contributed by atoms with van der Waals surface area (Å²) in [6.07, 6.45) is 1.81. The van der Waals surface area contributed by atoms with Crippen LogP contribution in [0.25, 0.3) is 11.0 Å². The predicted octanol–water partition coefficient (Wildman–Crippen LogP) is 2.85. The summed E-state index contributed by atoms with van der Waals surface area (Å²) in [7, 11) is 0. The third kappa shape index (κ3) is 1.41. The van der Waals surface area contributed by atoms with Crippen molar-refractivity contribution in [1.29, 1.82) is 0 Å². The Bertz CT molecular complexity index is 466. The van der Waals surface area contributed by atoms with Crippen LogP contribution in [0.2, 0.25) is 0 Å². The molecule has 0 spiro atoms. The summed E-state index contributed by atoms with van der Waals surface area (Å²) in [6.45, 7) is 4.17. The minimum absolute atomic E-state index is 0.981. The molecule has 2 nitrogen and oxygen atoms in total. The molecule has 0 N–H and O–H groups in total. The molecule has 0 radical (unpaired) electrons. The summed E-state index contributed by atoms with van der Waals surface area (Å²) >= 11 is 2.26. The first-order valence-electron chi connectivity index (χ1n) is 4.07. The topological polar surface area (TPSA) is 25.8 Å². The molecule has 3 heteroatoms. The number of aromatic nitrogens is 2. The largest absolute Gasteiger partial charge is 0.254 e. The Kier molecular flexibility index (Phi) is 2.19. The van der Waals surface area contributed by atoms with Crippen LogP contribution in [0.1, 0.15) is 11.1 Å². The second-order valence-corrected chi connectivity index (χ2v) is 4.05. The van der Waals surface area contributed by atoms with Crippen LogP contribution in [0.15, 0.2) is 18.3 Å². The highest BCUT2D eigenvalue weighted by molar-refractivity contribution is 14.1. The molecular formula is C10H9IN2. The second-order valence-electron chi connectivity index (χ2n) is 3.02. The summed E-state index contributed by atoms with van der Waals surface area (Å²) < 4.78 is 1.07. The minimum atomic E-state index is 0.981. The number of rotatable bonds is 0. The van der Waals surface area contributed by atoms with Gasteiger partial charge in [-0.2, -0.15) is 0 Å². The quantitative estimate of drug-likeness (QED) is 0.549. The molecule has 2 rings (SSSR count). The van der Waals surface area contributed by atoms with E-state index in [-0.39, 0.29) is 0 Å². The lowest BCUT2D eigenvalue weighted by molar-refractivity contribution is 1.20. The van der Waals surface area contributed by atoms with Crippen molar-refractivity contribution in [2.24, 2.45) is 0 Å². The van der Waals surface area contributed by atoms with E-state index in [1.54, 1.807) is 0 Å². The minimum Gasteiger partial charge on any atom is -0.254 e. The highest BCUT2D eigenvalue weighted by Crippen LogP contribution is 2.20. The van der Waals surface area contributed by atoms with Crippen molar-refractivity contribution in [3.05, 3.63) is 33.2 Å². The smallest absolute Gasteiger partial charge is 0.105 e. The lowest BCUT2D eigenvalue weighted by atomic mass is 10.1. The normalized spacial score (nSPS) is 10.7. The molecule has 0 aliphatic rings. The van der Waals surface area contributed by atoms with Gasteiger partial charge in [-0.05, 0) is 59.7 Å². The Morgan fingerprint density at radius 1 is 1.23 bits per heavy atom. The molecule has 0 amide bonds. The SMILES string of the molecule is Cc1c(I)nc2cccnc2c1C. The van der Waals surface area contributed by atoms with Crippen molar-refractivity contribution in [2.45, 2.75) is 13.8 Å². The highest BCUT2D eigenvalue weighted by atomic mass is 127. The predicted molar refractivity (Wildman–Crippen MR) is 61.7 cm³/mol. The van der Waals surface area contributed by atoms with Gasteiger partial charge in [0.2, 0.25) is 0 Å². The van der Waals surface area contributed by atoms with E-state index < -0.39 is 0 Å². The first-order chi connectivity index (χ1) is 6.20. The van der Waals surface area contributed by atoms with Crippen LogP contribution in [-0.4, -0.2) is 9.97 Å². The van der Waals surface area contributed by atoms with Gasteiger partial charge in [-0.1, -0.05) is 0 Å². The van der Waals surface area contributed by atoms with Crippen LogP contribution in [-0.2, 0) is 0 Å². The monoisotopic (exact) mass is 284 g/mol. The number of halogens is 1. The maximum absolute atomic E-state index is 4.46. The van der Waals surface area contributed by atoms with E-state index in [0.717, 1.165) is 14.7 Å². The summed E-state index contributed by atoms with van der Waals surface area (Å²) in [5.41, 5.74) is 4.46. The highest BCUT2D eigenvalue weighted by Gasteiger charge is 2.05. The number of pyridine rings is 2. The van der Waals surface area contributed by atoms with E-state index >= 15 is 0 Å². The van der Waals surface area contributed by atoms with Crippen molar-refractivity contribution in [2.75, 3.05) is 0 Å². The molecule has 2 aromatic heterocycles. The molecule has 0 saturated heterocycles. The lowest BCUT2D eigenvalue weighted by Gasteiger charge is -2.05. The van der Waals surface area contributed by atoms with Crippen LogP contribution >= 0.6 is 22.6 Å². The molecule has 2 heterocycles. The zero-order valence-corrected chi connectivity index (χ0v) is 9.66. The Morgan fingerprint density at radius 3 is 2.77 bits per heavy atom. The van der Waals surface area contributed by atoms with Gasteiger partial charge >= 0.3 is 0 Å². The number of aryl methyl sites for hydroxylation is 1. The Morgan fingerprint density at radius 2 is 2.00 bits per heavy atom. The second kappa shape index (κ2) is 3.21. The maximum atomic E-state index is 4.46. The van der Waals surface area contributed by atoms with Crippen molar-refractivity contribution in [1.82, 2.24) is 9.97 Å². The number of fused-ring (bicyclic) bond motifs is 1. The van der Waals surface area contributed by atoms with E-state index in [2.05, 4.69) is 46.4 Å². The summed E-state index contributed by atoms with van der Waals surface area (Å²) in [5.74, 6) is 0. The van der Waals surface area contributed by atoms with Gasteiger partial charge in [-0.15, -0.1) is 0 Å². The fourth-order valence-corrected chi connectivity index (χ4v) is 1.96. The molecule has 0 bridgehead atoms. The zero-order valence-electron chi connectivity index (χ0n) is 7.50. The van der Waals surface area contributed by atoms with Gasteiger partial charge in [0.05, 0.1) is 11.0 Å². The van der Waals surface area contributed by atoms with E-state index in [0.29, 0.717) is 0 Å². The first-order valence-corrected chi connectivity index (χ1v) is 5.15. The zero-order chi connectivity index (χ0) is 9.42. The Balaban J connectivity index is 2.94. The Labute approximate surface area is 90.5 Å². The van der Waals surface area contributed by atoms with Gasteiger partial charge in [-0.3, -0.25) is 4.98 Å². The number of nitrogens with zero attached hydrogens (tertiary/aromatic N) is 2. The molecular weight excluding hydrogens is 275 g/mol. The van der Waals surface area contributed by atoms with Crippen LogP contribution in [0, 0.1) is 17.5 Å². The van der Waals surface area contributed by atoms with Crippen molar-refractivity contribution in [3.63, 3.8) is 0 Å². The first kappa shape index (κ1) is 8.87. The molecule has 66 valence electrons. The Hall–Kier alpha value is -0.710. The molecule has 0 unspecified atom stereocenters.